The van der Waals surface area contributed by atoms with E-state index in [1.807, 2.05) is 30.3 Å². The minimum Gasteiger partial charge on any atom is -0.326 e. The number of rotatable bonds is 1. The molecule has 0 saturated heterocycles. The molecule has 19 heavy (non-hydrogen) atoms. The van der Waals surface area contributed by atoms with Crippen molar-refractivity contribution >= 4 is 0 Å². The summed E-state index contributed by atoms with van der Waals surface area (Å²) in [6.07, 6.45) is 4.19. The van der Waals surface area contributed by atoms with Crippen molar-refractivity contribution in [2.75, 3.05) is 0 Å². The van der Waals surface area contributed by atoms with Crippen molar-refractivity contribution in [3.8, 4) is 0 Å². The van der Waals surface area contributed by atoms with Crippen LogP contribution < -0.4 is 5.73 Å². The summed E-state index contributed by atoms with van der Waals surface area (Å²) in [7, 11) is 2.06. The zero-order valence-corrected chi connectivity index (χ0v) is 14.3. The van der Waals surface area contributed by atoms with E-state index in [1.54, 1.807) is 0 Å². The van der Waals surface area contributed by atoms with Gasteiger partial charge in [-0.3, -0.25) is 0 Å². The first kappa shape index (κ1) is 16.1. The summed E-state index contributed by atoms with van der Waals surface area (Å²) in [6.45, 7) is 7.25. The largest absolute Gasteiger partial charge is 0.326 e. The monoisotopic (exact) mass is 440 g/mol. The van der Waals surface area contributed by atoms with Gasteiger partial charge in [-0.15, -0.1) is 0 Å². The molecule has 1 aromatic heterocycles. The molecule has 0 spiro atoms. The van der Waals surface area contributed by atoms with E-state index in [-0.39, 0.29) is 5.54 Å². The molecule has 4 heteroatoms. The van der Waals surface area contributed by atoms with E-state index in [1.165, 1.54) is 9.37 Å². The van der Waals surface area contributed by atoms with Crippen LogP contribution in [0.25, 0.3) is 0 Å². The second-order valence-corrected chi connectivity index (χ2v) is 6.40. The maximum atomic E-state index is 5.35. The Labute approximate surface area is 126 Å². The molecule has 1 heterocycles. The van der Waals surface area contributed by atoms with Crippen molar-refractivity contribution in [2.45, 2.75) is 32.9 Å². The standard InChI is InChI=1S/C8H14N2.C7H9N.Pt/c1-8(2,3)10-6-5-9(4)7-10;8-6-7-4-2-1-3-5-7;/h5-6H,1-4H3;1-5H,6,8H2;. The van der Waals surface area contributed by atoms with Gasteiger partial charge < -0.3 is 5.73 Å². The quantitative estimate of drug-likeness (QED) is 0.728. The molecule has 2 aromatic rings. The molecule has 0 aliphatic carbocycles. The fourth-order valence-corrected chi connectivity index (χ4v) is 2.65. The van der Waals surface area contributed by atoms with E-state index in [0.29, 0.717) is 6.54 Å². The van der Waals surface area contributed by atoms with Gasteiger partial charge in [-0.1, -0.05) is 30.3 Å². The van der Waals surface area contributed by atoms with Gasteiger partial charge in [0.1, 0.15) is 0 Å². The average molecular weight is 440 g/mol. The van der Waals surface area contributed by atoms with Crippen molar-refractivity contribution in [2.24, 2.45) is 12.8 Å². The van der Waals surface area contributed by atoms with E-state index < -0.39 is 0 Å². The second-order valence-electron chi connectivity index (χ2n) is 5.38. The van der Waals surface area contributed by atoms with E-state index in [9.17, 15) is 0 Å². The molecule has 0 amide bonds. The number of hydrogen-bond acceptors (Lipinski definition) is 1. The van der Waals surface area contributed by atoms with Gasteiger partial charge in [0.15, 0.2) is 0 Å². The molecule has 108 valence electrons. The SMILES string of the molecule is Cn1ccn(C(C)(C)C)[c]1=[Pt].NCc1ccccc1. The van der Waals surface area contributed by atoms with Crippen LogP contribution in [0.5, 0.6) is 0 Å². The third-order valence-electron chi connectivity index (χ3n) is 2.69. The van der Waals surface area contributed by atoms with Crippen molar-refractivity contribution < 1.29 is 19.4 Å². The summed E-state index contributed by atoms with van der Waals surface area (Å²) in [5, 5.41) is 0. The van der Waals surface area contributed by atoms with Gasteiger partial charge in [0.2, 0.25) is 0 Å². The maximum Gasteiger partial charge on any atom is 0.0178 e. The Balaban J connectivity index is 0.000000200. The summed E-state index contributed by atoms with van der Waals surface area (Å²) < 4.78 is 5.64. The van der Waals surface area contributed by atoms with Crippen molar-refractivity contribution in [3.05, 3.63) is 52.1 Å². The third-order valence-corrected chi connectivity index (χ3v) is 4.04. The van der Waals surface area contributed by atoms with Gasteiger partial charge in [0.05, 0.1) is 0 Å². The Morgan fingerprint density at radius 2 is 1.68 bits per heavy atom. The topological polar surface area (TPSA) is 35.9 Å². The number of benzene rings is 1. The number of nitrogens with zero attached hydrogens (tertiary/aromatic N) is 2. The van der Waals surface area contributed by atoms with Crippen LogP contribution in [-0.2, 0) is 38.5 Å². The van der Waals surface area contributed by atoms with Crippen LogP contribution in [0.4, 0.5) is 0 Å². The first-order chi connectivity index (χ1) is 8.86. The molecule has 0 bridgehead atoms. The van der Waals surface area contributed by atoms with Gasteiger partial charge >= 0.3 is 78.0 Å². The van der Waals surface area contributed by atoms with Crippen molar-refractivity contribution in [3.63, 3.8) is 0 Å². The van der Waals surface area contributed by atoms with Gasteiger partial charge in [0, 0.05) is 6.54 Å². The van der Waals surface area contributed by atoms with E-state index in [0.717, 1.165) is 0 Å². The first-order valence-electron chi connectivity index (χ1n) is 6.30. The van der Waals surface area contributed by atoms with Crippen molar-refractivity contribution in [1.29, 1.82) is 0 Å². The molecule has 1 aromatic carbocycles. The molecule has 2 rings (SSSR count). The van der Waals surface area contributed by atoms with Gasteiger partial charge in [-0.05, 0) is 5.56 Å². The van der Waals surface area contributed by atoms with Crippen LogP contribution in [-0.4, -0.2) is 9.13 Å². The van der Waals surface area contributed by atoms with Gasteiger partial charge in [-0.2, -0.15) is 0 Å². The van der Waals surface area contributed by atoms with Crippen LogP contribution in [0, 0.1) is 3.80 Å². The van der Waals surface area contributed by atoms with E-state index in [2.05, 4.69) is 68.7 Å². The van der Waals surface area contributed by atoms with E-state index in [4.69, 9.17) is 5.73 Å². The van der Waals surface area contributed by atoms with Crippen molar-refractivity contribution in [1.82, 2.24) is 9.13 Å². The summed E-state index contributed by atoms with van der Waals surface area (Å²) in [5.74, 6) is 0. The molecular formula is C15H23N3Pt. The summed E-state index contributed by atoms with van der Waals surface area (Å²) in [5.41, 5.74) is 6.73. The number of imidazole rings is 1. The summed E-state index contributed by atoms with van der Waals surface area (Å²) >= 11 is 2.33. The second kappa shape index (κ2) is 7.02. The number of aryl methyl sites for hydroxylation is 1. The Morgan fingerprint density at radius 3 is 1.95 bits per heavy atom. The average Bonchev–Trinajstić information content (AvgIpc) is 2.71. The molecule has 0 atom stereocenters. The van der Waals surface area contributed by atoms with E-state index >= 15 is 0 Å². The molecule has 0 unspecified atom stereocenters. The van der Waals surface area contributed by atoms with Crippen LogP contribution in [0.15, 0.2) is 42.7 Å². The molecule has 0 fully saturated rings. The zero-order valence-electron chi connectivity index (χ0n) is 12.0. The van der Waals surface area contributed by atoms with Crippen LogP contribution in [0.2, 0.25) is 0 Å². The van der Waals surface area contributed by atoms with Crippen LogP contribution >= 0.6 is 0 Å². The summed E-state index contributed by atoms with van der Waals surface area (Å²) in [4.78, 5) is 0. The van der Waals surface area contributed by atoms with Gasteiger partial charge in [-0.25, -0.2) is 0 Å². The normalized spacial score (nSPS) is 10.9. The zero-order chi connectivity index (χ0) is 14.5. The molecular weight excluding hydrogens is 417 g/mol. The Hall–Kier alpha value is -0.922. The molecule has 2 N–H and O–H groups in total. The molecule has 0 saturated carbocycles. The predicted molar refractivity (Wildman–Crippen MR) is 76.0 cm³/mol. The van der Waals surface area contributed by atoms with Crippen LogP contribution in [0.3, 0.4) is 0 Å². The Morgan fingerprint density at radius 1 is 1.11 bits per heavy atom. The summed E-state index contributed by atoms with van der Waals surface area (Å²) in [6, 6.07) is 9.99. The smallest absolute Gasteiger partial charge is 0.0178 e. The fourth-order valence-electron chi connectivity index (χ4n) is 1.54. The number of nitrogens with two attached hydrogens (primary N) is 1. The minimum absolute atomic E-state index is 0.193. The third kappa shape index (κ3) is 4.93. The minimum atomic E-state index is 0.193. The molecule has 0 aliphatic rings. The predicted octanol–water partition coefficient (Wildman–Crippen LogP) is 2.81. The molecule has 0 radical (unpaired) electrons. The fraction of sp³-hybridized carbons (Fsp3) is 0.400. The number of hydrogen-bond donors (Lipinski definition) is 1. The number of aromatic nitrogens is 2. The molecule has 0 aliphatic heterocycles. The van der Waals surface area contributed by atoms with Crippen LogP contribution in [0.1, 0.15) is 26.3 Å². The maximum absolute atomic E-state index is 5.35. The molecule has 3 nitrogen and oxygen atoms in total. The van der Waals surface area contributed by atoms with Gasteiger partial charge in [0.25, 0.3) is 0 Å². The Kier molecular flexibility index (Phi) is 5.96. The first-order valence-corrected chi connectivity index (χ1v) is 7.43. The Bertz CT molecular complexity index is 547.